The Kier molecular flexibility index (Phi) is 5.81. The van der Waals surface area contributed by atoms with Gasteiger partial charge in [0.1, 0.15) is 23.8 Å². The van der Waals surface area contributed by atoms with Gasteiger partial charge in [0.05, 0.1) is 0 Å². The van der Waals surface area contributed by atoms with Crippen LogP contribution in [0.4, 0.5) is 0 Å². The van der Waals surface area contributed by atoms with Gasteiger partial charge in [0.15, 0.2) is 13.1 Å². The molecule has 0 spiro atoms. The summed E-state index contributed by atoms with van der Waals surface area (Å²) in [4.78, 5) is 24.8. The van der Waals surface area contributed by atoms with Gasteiger partial charge in [-0.05, 0) is 47.1 Å². The minimum Gasteiger partial charge on any atom is -0.456 e. The Morgan fingerprint density at radius 3 is 1.81 bits per heavy atom. The third-order valence-electron chi connectivity index (χ3n) is 4.26. The van der Waals surface area contributed by atoms with Crippen LogP contribution in [0.3, 0.4) is 0 Å². The first kappa shape index (κ1) is 20.4. The molecule has 1 aromatic rings. The van der Waals surface area contributed by atoms with Crippen molar-refractivity contribution in [1.29, 1.82) is 0 Å². The van der Waals surface area contributed by atoms with Crippen LogP contribution in [0.25, 0.3) is 0 Å². The smallest absolute Gasteiger partial charge is 0.362 e. The molecule has 0 radical (unpaired) electrons. The standard InChI is InChI=1S/C21H32NO4/c1-20(2,3)25-18(23)14-22(15-19(24)26-21(4,5)6)13-17(22)12-16-10-8-7-9-11-16/h7-11,17H,12-15H2,1-6H3/q+1. The first-order chi connectivity index (χ1) is 11.9. The highest BCUT2D eigenvalue weighted by Gasteiger charge is 2.57. The fourth-order valence-electron chi connectivity index (χ4n) is 3.22. The van der Waals surface area contributed by atoms with Crippen molar-refractivity contribution in [3.63, 3.8) is 0 Å². The second-order valence-electron chi connectivity index (χ2n) is 9.23. The molecule has 1 aromatic carbocycles. The lowest BCUT2D eigenvalue weighted by atomic mass is 10.1. The molecule has 26 heavy (non-hydrogen) atoms. The van der Waals surface area contributed by atoms with Gasteiger partial charge in [-0.3, -0.25) is 4.48 Å². The van der Waals surface area contributed by atoms with Gasteiger partial charge < -0.3 is 9.47 Å². The van der Waals surface area contributed by atoms with E-state index in [0.717, 1.165) is 13.0 Å². The maximum Gasteiger partial charge on any atom is 0.362 e. The lowest BCUT2D eigenvalue weighted by Crippen LogP contribution is -2.43. The molecule has 1 aliphatic heterocycles. The fourth-order valence-corrected chi connectivity index (χ4v) is 3.22. The van der Waals surface area contributed by atoms with Crippen molar-refractivity contribution in [3.05, 3.63) is 35.9 Å². The average molecular weight is 362 g/mol. The molecule has 2 rings (SSSR count). The molecule has 144 valence electrons. The molecule has 0 saturated carbocycles. The van der Waals surface area contributed by atoms with Crippen molar-refractivity contribution >= 4 is 11.9 Å². The van der Waals surface area contributed by atoms with Gasteiger partial charge in [0.25, 0.3) is 0 Å². The third kappa shape index (κ3) is 6.45. The van der Waals surface area contributed by atoms with Gasteiger partial charge in [-0.15, -0.1) is 0 Å². The van der Waals surface area contributed by atoms with Gasteiger partial charge in [-0.1, -0.05) is 30.3 Å². The van der Waals surface area contributed by atoms with E-state index in [9.17, 15) is 9.59 Å². The van der Waals surface area contributed by atoms with Crippen molar-refractivity contribution in [2.45, 2.75) is 65.2 Å². The Hall–Kier alpha value is -1.88. The first-order valence-electron chi connectivity index (χ1n) is 9.22. The molecule has 1 fully saturated rings. The zero-order valence-electron chi connectivity index (χ0n) is 16.9. The van der Waals surface area contributed by atoms with Gasteiger partial charge in [-0.25, -0.2) is 9.59 Å². The number of hydrogen-bond acceptors (Lipinski definition) is 4. The highest BCUT2D eigenvalue weighted by molar-refractivity contribution is 5.74. The highest BCUT2D eigenvalue weighted by atomic mass is 16.6. The van der Waals surface area contributed by atoms with Crippen LogP contribution in [0.15, 0.2) is 30.3 Å². The number of nitrogens with zero attached hydrogens (tertiary/aromatic N) is 1. The summed E-state index contributed by atoms with van der Waals surface area (Å²) in [5, 5.41) is 0. The second-order valence-corrected chi connectivity index (χ2v) is 9.23. The largest absolute Gasteiger partial charge is 0.456 e. The molecule has 0 aliphatic carbocycles. The summed E-state index contributed by atoms with van der Waals surface area (Å²) < 4.78 is 11.4. The van der Waals surface area contributed by atoms with E-state index in [1.165, 1.54) is 5.56 Å². The van der Waals surface area contributed by atoms with E-state index in [4.69, 9.17) is 9.47 Å². The van der Waals surface area contributed by atoms with Crippen LogP contribution in [-0.2, 0) is 25.5 Å². The minimum absolute atomic E-state index is 0.202. The Bertz CT molecular complexity index is 610. The van der Waals surface area contributed by atoms with Gasteiger partial charge in [0, 0.05) is 6.42 Å². The molecule has 1 unspecified atom stereocenters. The number of carbonyl (C=O) groups is 2. The monoisotopic (exact) mass is 362 g/mol. The normalized spacial score (nSPS) is 18.9. The number of rotatable bonds is 6. The molecule has 0 N–H and O–H groups in total. The summed E-state index contributed by atoms with van der Waals surface area (Å²) in [5.74, 6) is -0.534. The Labute approximate surface area is 156 Å². The molecule has 5 nitrogen and oxygen atoms in total. The number of ether oxygens (including phenoxy) is 2. The van der Waals surface area contributed by atoms with E-state index >= 15 is 0 Å². The number of carbonyl (C=O) groups excluding carboxylic acids is 2. The van der Waals surface area contributed by atoms with Crippen LogP contribution in [0.2, 0.25) is 0 Å². The van der Waals surface area contributed by atoms with Crippen LogP contribution in [0.5, 0.6) is 0 Å². The van der Waals surface area contributed by atoms with Crippen LogP contribution in [0.1, 0.15) is 47.1 Å². The van der Waals surface area contributed by atoms with E-state index in [-0.39, 0.29) is 31.1 Å². The summed E-state index contributed by atoms with van der Waals surface area (Å²) in [7, 11) is 0. The van der Waals surface area contributed by atoms with Crippen molar-refractivity contribution in [3.8, 4) is 0 Å². The minimum atomic E-state index is -0.530. The maximum absolute atomic E-state index is 12.4. The van der Waals surface area contributed by atoms with Crippen LogP contribution >= 0.6 is 0 Å². The van der Waals surface area contributed by atoms with Crippen molar-refractivity contribution in [2.75, 3.05) is 19.6 Å². The quantitative estimate of drug-likeness (QED) is 0.443. The maximum atomic E-state index is 12.4. The first-order valence-corrected chi connectivity index (χ1v) is 9.22. The number of quaternary nitrogens is 1. The summed E-state index contributed by atoms with van der Waals surface area (Å²) in [5.41, 5.74) is 0.154. The van der Waals surface area contributed by atoms with Gasteiger partial charge >= 0.3 is 11.9 Å². The summed E-state index contributed by atoms with van der Waals surface area (Å²) in [6.07, 6.45) is 0.840. The topological polar surface area (TPSA) is 52.6 Å². The molecule has 5 heteroatoms. The predicted octanol–water partition coefficient (Wildman–Crippen LogP) is 3.11. The Morgan fingerprint density at radius 2 is 1.38 bits per heavy atom. The molecule has 1 heterocycles. The van der Waals surface area contributed by atoms with Crippen LogP contribution < -0.4 is 0 Å². The molecule has 0 aromatic heterocycles. The molecule has 0 amide bonds. The van der Waals surface area contributed by atoms with Crippen molar-refractivity contribution in [1.82, 2.24) is 0 Å². The van der Waals surface area contributed by atoms with Crippen LogP contribution in [0, 0.1) is 0 Å². The SMILES string of the molecule is CC(C)(C)OC(=O)C[N+]1(CC(=O)OC(C)(C)C)CC1Cc1ccccc1. The summed E-state index contributed by atoms with van der Waals surface area (Å²) >= 11 is 0. The van der Waals surface area contributed by atoms with E-state index in [1.54, 1.807) is 0 Å². The van der Waals surface area contributed by atoms with E-state index in [2.05, 4.69) is 12.1 Å². The van der Waals surface area contributed by atoms with E-state index in [1.807, 2.05) is 59.7 Å². The van der Waals surface area contributed by atoms with Gasteiger partial charge in [0.2, 0.25) is 0 Å². The molecule has 1 aliphatic rings. The zero-order valence-corrected chi connectivity index (χ0v) is 16.9. The zero-order chi connectivity index (χ0) is 19.6. The number of esters is 2. The van der Waals surface area contributed by atoms with Gasteiger partial charge in [-0.2, -0.15) is 0 Å². The Morgan fingerprint density at radius 1 is 0.923 bits per heavy atom. The van der Waals surface area contributed by atoms with E-state index in [0.29, 0.717) is 4.48 Å². The molecular weight excluding hydrogens is 330 g/mol. The summed E-state index contributed by atoms with van der Waals surface area (Å²) in [6, 6.07) is 10.4. The number of hydrogen-bond donors (Lipinski definition) is 0. The average Bonchev–Trinajstić information content (AvgIpc) is 3.06. The van der Waals surface area contributed by atoms with Crippen molar-refractivity contribution < 1.29 is 23.5 Å². The van der Waals surface area contributed by atoms with Crippen LogP contribution in [-0.4, -0.2) is 53.3 Å². The highest BCUT2D eigenvalue weighted by Crippen LogP contribution is 2.34. The third-order valence-corrected chi connectivity index (χ3v) is 4.26. The molecule has 0 bridgehead atoms. The number of benzene rings is 1. The molecule has 1 saturated heterocycles. The second kappa shape index (κ2) is 7.39. The predicted molar refractivity (Wildman–Crippen MR) is 100 cm³/mol. The lowest BCUT2D eigenvalue weighted by molar-refractivity contribution is -0.798. The Balaban J connectivity index is 2.07. The fraction of sp³-hybridized carbons (Fsp3) is 0.619. The lowest BCUT2D eigenvalue weighted by Gasteiger charge is -2.25. The molecule has 1 atom stereocenters. The molecular formula is C21H32NO4+. The summed E-state index contributed by atoms with van der Waals surface area (Å²) in [6.45, 7) is 12.3. The van der Waals surface area contributed by atoms with Crippen molar-refractivity contribution in [2.24, 2.45) is 0 Å². The van der Waals surface area contributed by atoms with E-state index < -0.39 is 11.2 Å².